The van der Waals surface area contributed by atoms with Crippen LogP contribution < -0.4 is 4.90 Å². The van der Waals surface area contributed by atoms with Gasteiger partial charge < -0.3 is 4.74 Å². The Hall–Kier alpha value is -1.85. The number of benzene rings is 1. The van der Waals surface area contributed by atoms with Gasteiger partial charge >= 0.3 is 5.95 Å². The molecule has 0 spiro atoms. The molecule has 1 saturated heterocycles. The third-order valence-corrected chi connectivity index (χ3v) is 3.11. The minimum Gasteiger partial charge on any atom is -0.369 e. The number of halogens is 1. The number of anilines is 1. The van der Waals surface area contributed by atoms with Crippen LogP contribution in [0.3, 0.4) is 0 Å². The number of ether oxygens (including phenoxy) is 1. The van der Waals surface area contributed by atoms with E-state index < -0.39 is 0 Å². The third kappa shape index (κ3) is 2.77. The highest BCUT2D eigenvalue weighted by molar-refractivity contribution is 5.61. The van der Waals surface area contributed by atoms with Crippen molar-refractivity contribution < 1.29 is 9.13 Å². The van der Waals surface area contributed by atoms with E-state index in [0.29, 0.717) is 19.2 Å². The second kappa shape index (κ2) is 5.42. The molecule has 1 radical (unpaired) electrons. The molecule has 0 saturated carbocycles. The molecule has 19 heavy (non-hydrogen) atoms. The van der Waals surface area contributed by atoms with Crippen LogP contribution in [0.25, 0.3) is 11.1 Å². The van der Waals surface area contributed by atoms with E-state index in [9.17, 15) is 4.39 Å². The van der Waals surface area contributed by atoms with E-state index in [4.69, 9.17) is 4.74 Å². The maximum atomic E-state index is 12.9. The second-order valence-electron chi connectivity index (χ2n) is 4.38. The van der Waals surface area contributed by atoms with E-state index in [-0.39, 0.29) is 5.82 Å². The fourth-order valence-electron chi connectivity index (χ4n) is 2.04. The van der Waals surface area contributed by atoms with Gasteiger partial charge in [-0.15, -0.1) is 0 Å². The van der Waals surface area contributed by atoms with Crippen LogP contribution >= 0.6 is 0 Å². The fourth-order valence-corrected chi connectivity index (χ4v) is 2.04. The Kier molecular flexibility index (Phi) is 3.48. The summed E-state index contributed by atoms with van der Waals surface area (Å²) in [6.07, 6.45) is 3.54. The predicted octanol–water partition coefficient (Wildman–Crippen LogP) is 2.08. The van der Waals surface area contributed by atoms with Crippen LogP contribution in [0.15, 0.2) is 36.7 Å². The Morgan fingerprint density at radius 1 is 0.947 bits per heavy atom. The van der Waals surface area contributed by atoms with Crippen LogP contribution in [0.2, 0.25) is 0 Å². The molecule has 2 aromatic rings. The molecule has 0 unspecified atom stereocenters. The number of rotatable bonds is 2. The average molecular weight is 259 g/mol. The van der Waals surface area contributed by atoms with Crippen LogP contribution in [0.5, 0.6) is 0 Å². The minimum atomic E-state index is -0.241. The summed E-state index contributed by atoms with van der Waals surface area (Å²) in [7, 11) is 0. The Morgan fingerprint density at radius 2 is 1.58 bits per heavy atom. The van der Waals surface area contributed by atoms with Gasteiger partial charge in [0.1, 0.15) is 19.0 Å². The highest BCUT2D eigenvalue weighted by Gasteiger charge is 2.25. The van der Waals surface area contributed by atoms with Gasteiger partial charge in [-0.1, -0.05) is 17.0 Å². The van der Waals surface area contributed by atoms with Crippen molar-refractivity contribution in [3.05, 3.63) is 42.5 Å². The number of nitrogens with zero attached hydrogens (tertiary/aromatic N) is 3. The standard InChI is InChI=1S/C14H14FN3O/c15-13-3-1-11(2-4-13)12-9-16-14(17-10-12)18-5-7-19-8-6-18/h1-4,9-10H,5-8H2/q+1. The van der Waals surface area contributed by atoms with Crippen LogP contribution in [-0.4, -0.2) is 36.3 Å². The van der Waals surface area contributed by atoms with Crippen LogP contribution in [0, 0.1) is 5.82 Å². The normalized spacial score (nSPS) is 16.5. The quantitative estimate of drug-likeness (QED) is 0.775. The molecule has 2 heterocycles. The molecule has 97 valence electrons. The topological polar surface area (TPSA) is 40.9 Å². The van der Waals surface area contributed by atoms with E-state index in [2.05, 4.69) is 14.9 Å². The number of hydrogen-bond acceptors (Lipinski definition) is 4. The summed E-state index contributed by atoms with van der Waals surface area (Å²) in [5.74, 6) is 0.476. The molecule has 0 atom stereocenters. The molecule has 0 aliphatic carbocycles. The summed E-state index contributed by atoms with van der Waals surface area (Å²) in [5.41, 5.74) is 1.80. The summed E-state index contributed by atoms with van der Waals surface area (Å²) in [6, 6.07) is 6.32. The molecule has 1 aromatic heterocycles. The third-order valence-electron chi connectivity index (χ3n) is 3.11. The molecule has 5 heteroatoms. The molecular formula is C14H14FN3O+. The summed E-state index contributed by atoms with van der Waals surface area (Å²) >= 11 is 0. The molecule has 1 aliphatic heterocycles. The van der Waals surface area contributed by atoms with E-state index >= 15 is 0 Å². The van der Waals surface area contributed by atoms with Gasteiger partial charge in [-0.3, -0.25) is 0 Å². The molecule has 1 aromatic carbocycles. The van der Waals surface area contributed by atoms with Crippen molar-refractivity contribution in [2.75, 3.05) is 26.3 Å². The summed E-state index contributed by atoms with van der Waals surface area (Å²) < 4.78 is 18.2. The van der Waals surface area contributed by atoms with Crippen molar-refractivity contribution in [1.29, 1.82) is 0 Å². The zero-order valence-electron chi connectivity index (χ0n) is 10.4. The average Bonchev–Trinajstić information content (AvgIpc) is 2.49. The molecule has 1 aliphatic rings. The Morgan fingerprint density at radius 3 is 2.21 bits per heavy atom. The smallest absolute Gasteiger partial charge is 0.369 e. The molecule has 4 nitrogen and oxygen atoms in total. The zero-order valence-corrected chi connectivity index (χ0v) is 10.4. The van der Waals surface area contributed by atoms with Crippen LogP contribution in [-0.2, 0) is 4.74 Å². The monoisotopic (exact) mass is 259 g/mol. The van der Waals surface area contributed by atoms with Crippen molar-refractivity contribution in [1.82, 2.24) is 14.9 Å². The maximum absolute atomic E-state index is 12.9. The molecule has 0 bridgehead atoms. The van der Waals surface area contributed by atoms with Gasteiger partial charge in [-0.25, -0.2) is 4.39 Å². The Labute approximate surface area is 110 Å². The van der Waals surface area contributed by atoms with Gasteiger partial charge in [-0.05, 0) is 17.7 Å². The molecule has 0 N–H and O–H groups in total. The zero-order chi connectivity index (χ0) is 13.1. The van der Waals surface area contributed by atoms with Crippen molar-refractivity contribution in [2.24, 2.45) is 0 Å². The number of morpholine rings is 1. The van der Waals surface area contributed by atoms with E-state index in [1.54, 1.807) is 24.5 Å². The van der Waals surface area contributed by atoms with E-state index in [0.717, 1.165) is 24.2 Å². The molecule has 3 rings (SSSR count). The summed E-state index contributed by atoms with van der Waals surface area (Å²) in [5, 5.41) is 0. The summed E-state index contributed by atoms with van der Waals surface area (Å²) in [6.45, 7) is 3.05. The van der Waals surface area contributed by atoms with Gasteiger partial charge in [0.05, 0.1) is 0 Å². The Bertz CT molecular complexity index is 536. The first kappa shape index (κ1) is 12.2. The maximum Gasteiger partial charge on any atom is 0.378 e. The lowest BCUT2D eigenvalue weighted by Gasteiger charge is -2.14. The highest BCUT2D eigenvalue weighted by atomic mass is 19.1. The number of hydrogen-bond donors (Lipinski definition) is 0. The first-order valence-electron chi connectivity index (χ1n) is 6.23. The lowest BCUT2D eigenvalue weighted by molar-refractivity contribution is 0.0886. The first-order chi connectivity index (χ1) is 9.33. The van der Waals surface area contributed by atoms with E-state index in [1.807, 2.05) is 0 Å². The highest BCUT2D eigenvalue weighted by Crippen LogP contribution is 2.19. The van der Waals surface area contributed by atoms with Crippen LogP contribution in [0.4, 0.5) is 10.3 Å². The minimum absolute atomic E-state index is 0.241. The van der Waals surface area contributed by atoms with Crippen molar-refractivity contribution in [3.8, 4) is 11.1 Å². The van der Waals surface area contributed by atoms with Crippen molar-refractivity contribution in [2.45, 2.75) is 0 Å². The number of aromatic nitrogens is 2. The van der Waals surface area contributed by atoms with Gasteiger partial charge in [0, 0.05) is 18.0 Å². The lowest BCUT2D eigenvalue weighted by Crippen LogP contribution is -2.38. The van der Waals surface area contributed by atoms with E-state index in [1.165, 1.54) is 12.1 Å². The predicted molar refractivity (Wildman–Crippen MR) is 69.8 cm³/mol. The van der Waals surface area contributed by atoms with Crippen molar-refractivity contribution in [3.63, 3.8) is 0 Å². The lowest BCUT2D eigenvalue weighted by atomic mass is 10.1. The SMILES string of the molecule is Fc1ccc(-c2cnc([N+]3CCOCC3)nc2)cc1. The fraction of sp³-hybridized carbons (Fsp3) is 0.286. The van der Waals surface area contributed by atoms with Gasteiger partial charge in [0.15, 0.2) is 13.1 Å². The van der Waals surface area contributed by atoms with Crippen LogP contribution in [0.1, 0.15) is 0 Å². The molecular weight excluding hydrogens is 245 g/mol. The molecule has 0 amide bonds. The first-order valence-corrected chi connectivity index (χ1v) is 6.23. The van der Waals surface area contributed by atoms with Gasteiger partial charge in [0.25, 0.3) is 0 Å². The largest absolute Gasteiger partial charge is 0.378 e. The second-order valence-corrected chi connectivity index (χ2v) is 4.38. The molecule has 1 fully saturated rings. The summed E-state index contributed by atoms with van der Waals surface area (Å²) in [4.78, 5) is 10.8. The van der Waals surface area contributed by atoms with Gasteiger partial charge in [-0.2, -0.15) is 9.97 Å². The van der Waals surface area contributed by atoms with Gasteiger partial charge in [0.2, 0.25) is 0 Å². The Balaban J connectivity index is 1.80. The van der Waals surface area contributed by atoms with Crippen molar-refractivity contribution >= 4 is 5.95 Å².